The van der Waals surface area contributed by atoms with Gasteiger partial charge in [0.15, 0.2) is 11.5 Å². The first kappa shape index (κ1) is 19.5. The van der Waals surface area contributed by atoms with Crippen molar-refractivity contribution in [1.82, 2.24) is 15.1 Å². The number of rotatable bonds is 5. The first-order valence-electron chi connectivity index (χ1n) is 10.0. The molecule has 0 aromatic heterocycles. The van der Waals surface area contributed by atoms with Gasteiger partial charge in [-0.05, 0) is 49.4 Å². The number of carbonyl (C=O) groups is 1. The smallest absolute Gasteiger partial charge is 0.319 e. The molecule has 29 heavy (non-hydrogen) atoms. The maximum Gasteiger partial charge on any atom is 0.319 e. The first-order chi connectivity index (χ1) is 14.1. The Bertz CT molecular complexity index is 865. The summed E-state index contributed by atoms with van der Waals surface area (Å²) in [7, 11) is 2.14. The second-order valence-corrected chi connectivity index (χ2v) is 7.67. The van der Waals surface area contributed by atoms with E-state index in [1.54, 1.807) is 0 Å². The van der Waals surface area contributed by atoms with Gasteiger partial charge < -0.3 is 25.0 Å². The molecule has 2 heterocycles. The molecule has 2 aliphatic heterocycles. The fourth-order valence-corrected chi connectivity index (χ4v) is 3.80. The summed E-state index contributed by atoms with van der Waals surface area (Å²) in [6.45, 7) is 6.71. The molecule has 7 nitrogen and oxygen atoms in total. The molecular weight excluding hydrogens is 368 g/mol. The third kappa shape index (κ3) is 4.81. The lowest BCUT2D eigenvalue weighted by molar-refractivity contribution is 0.111. The van der Waals surface area contributed by atoms with Gasteiger partial charge in [-0.1, -0.05) is 18.2 Å². The molecule has 1 fully saturated rings. The summed E-state index contributed by atoms with van der Waals surface area (Å²) in [6.07, 6.45) is 0. The van der Waals surface area contributed by atoms with Crippen LogP contribution < -0.4 is 20.1 Å². The second kappa shape index (κ2) is 8.71. The van der Waals surface area contributed by atoms with E-state index in [0.29, 0.717) is 6.54 Å². The van der Waals surface area contributed by atoms with Crippen LogP contribution in [-0.2, 0) is 0 Å². The number of anilines is 1. The summed E-state index contributed by atoms with van der Waals surface area (Å²) >= 11 is 0. The highest BCUT2D eigenvalue weighted by Gasteiger charge is 2.26. The minimum atomic E-state index is -0.199. The maximum atomic E-state index is 12.5. The summed E-state index contributed by atoms with van der Waals surface area (Å²) in [5.41, 5.74) is 3.02. The van der Waals surface area contributed by atoms with Crippen LogP contribution in [0.1, 0.15) is 17.2 Å². The number of hydrogen-bond donors (Lipinski definition) is 2. The Morgan fingerprint density at radius 2 is 1.86 bits per heavy atom. The average molecular weight is 396 g/mol. The van der Waals surface area contributed by atoms with E-state index in [1.807, 2.05) is 43.3 Å². The third-order valence-electron chi connectivity index (χ3n) is 5.49. The van der Waals surface area contributed by atoms with Crippen molar-refractivity contribution in [3.05, 3.63) is 53.6 Å². The number of benzene rings is 2. The Labute approximate surface area is 171 Å². The molecule has 0 saturated carbocycles. The van der Waals surface area contributed by atoms with Crippen LogP contribution in [0.4, 0.5) is 10.5 Å². The third-order valence-corrected chi connectivity index (χ3v) is 5.49. The van der Waals surface area contributed by atoms with Gasteiger partial charge in [-0.15, -0.1) is 0 Å². The van der Waals surface area contributed by atoms with Crippen LogP contribution >= 0.6 is 0 Å². The minimum absolute atomic E-state index is 0.0708. The number of ether oxygens (including phenoxy) is 2. The highest BCUT2D eigenvalue weighted by Crippen LogP contribution is 2.35. The zero-order valence-corrected chi connectivity index (χ0v) is 17.0. The number of amides is 2. The summed E-state index contributed by atoms with van der Waals surface area (Å²) < 4.78 is 11.0. The molecule has 4 rings (SSSR count). The van der Waals surface area contributed by atoms with Crippen LogP contribution in [0.5, 0.6) is 11.5 Å². The average Bonchev–Trinajstić information content (AvgIpc) is 3.17. The van der Waals surface area contributed by atoms with Crippen molar-refractivity contribution in [2.24, 2.45) is 0 Å². The Morgan fingerprint density at radius 3 is 2.66 bits per heavy atom. The predicted octanol–water partition coefficient (Wildman–Crippen LogP) is 2.83. The summed E-state index contributed by atoms with van der Waals surface area (Å²) in [6, 6.07) is 13.7. The number of likely N-dealkylation sites (N-methyl/N-ethyl adjacent to an activating group) is 1. The lowest BCUT2D eigenvalue weighted by Crippen LogP contribution is -2.48. The quantitative estimate of drug-likeness (QED) is 0.814. The van der Waals surface area contributed by atoms with E-state index in [4.69, 9.17) is 9.47 Å². The SMILES string of the molecule is Cc1cccc(NC(=O)NCC(c2ccc3c(c2)OCO3)N2CCN(C)CC2)c1. The van der Waals surface area contributed by atoms with Gasteiger partial charge in [0.2, 0.25) is 6.79 Å². The van der Waals surface area contributed by atoms with Crippen LogP contribution in [0.15, 0.2) is 42.5 Å². The number of aryl methyl sites for hydroxylation is 1. The van der Waals surface area contributed by atoms with E-state index < -0.39 is 0 Å². The molecule has 2 amide bonds. The number of nitrogens with zero attached hydrogens (tertiary/aromatic N) is 2. The van der Waals surface area contributed by atoms with Crippen molar-refractivity contribution in [1.29, 1.82) is 0 Å². The maximum absolute atomic E-state index is 12.5. The standard InChI is InChI=1S/C22H28N4O3/c1-16-4-3-5-18(12-16)24-22(27)23-14-19(26-10-8-25(2)9-11-26)17-6-7-20-21(13-17)29-15-28-20/h3-7,12-13,19H,8-11,14-15H2,1-2H3,(H2,23,24,27). The summed E-state index contributed by atoms with van der Waals surface area (Å²) in [4.78, 5) is 17.2. The van der Waals surface area contributed by atoms with Crippen molar-refractivity contribution in [3.63, 3.8) is 0 Å². The van der Waals surface area contributed by atoms with E-state index in [9.17, 15) is 4.79 Å². The number of carbonyl (C=O) groups excluding carboxylic acids is 1. The van der Waals surface area contributed by atoms with Crippen LogP contribution in [0.2, 0.25) is 0 Å². The van der Waals surface area contributed by atoms with Crippen LogP contribution in [0.3, 0.4) is 0 Å². The van der Waals surface area contributed by atoms with Crippen molar-refractivity contribution in [2.75, 3.05) is 51.9 Å². The number of urea groups is 1. The molecule has 1 saturated heterocycles. The molecular formula is C22H28N4O3. The number of hydrogen-bond acceptors (Lipinski definition) is 5. The number of piperazine rings is 1. The zero-order chi connectivity index (χ0) is 20.2. The lowest BCUT2D eigenvalue weighted by atomic mass is 10.0. The first-order valence-corrected chi connectivity index (χ1v) is 10.0. The molecule has 0 spiro atoms. The van der Waals surface area contributed by atoms with Crippen LogP contribution in [0.25, 0.3) is 0 Å². The van der Waals surface area contributed by atoms with Crippen molar-refractivity contribution in [3.8, 4) is 11.5 Å². The summed E-state index contributed by atoms with van der Waals surface area (Å²) in [5, 5.41) is 5.97. The zero-order valence-electron chi connectivity index (χ0n) is 17.0. The van der Waals surface area contributed by atoms with E-state index in [1.165, 1.54) is 0 Å². The minimum Gasteiger partial charge on any atom is -0.454 e. The molecule has 0 radical (unpaired) electrons. The lowest BCUT2D eigenvalue weighted by Gasteiger charge is -2.38. The van der Waals surface area contributed by atoms with Crippen LogP contribution in [0, 0.1) is 6.92 Å². The van der Waals surface area contributed by atoms with E-state index in [2.05, 4.69) is 33.5 Å². The Kier molecular flexibility index (Phi) is 5.87. The number of fused-ring (bicyclic) bond motifs is 1. The molecule has 154 valence electrons. The number of nitrogens with one attached hydrogen (secondary N) is 2. The van der Waals surface area contributed by atoms with Gasteiger partial charge in [0, 0.05) is 38.4 Å². The molecule has 2 aliphatic rings. The largest absolute Gasteiger partial charge is 0.454 e. The Hall–Kier alpha value is -2.77. The molecule has 0 aliphatic carbocycles. The Balaban J connectivity index is 1.46. The summed E-state index contributed by atoms with van der Waals surface area (Å²) in [5.74, 6) is 1.54. The monoisotopic (exact) mass is 396 g/mol. The van der Waals surface area contributed by atoms with Crippen molar-refractivity contribution < 1.29 is 14.3 Å². The molecule has 7 heteroatoms. The van der Waals surface area contributed by atoms with E-state index >= 15 is 0 Å². The fourth-order valence-electron chi connectivity index (χ4n) is 3.80. The highest BCUT2D eigenvalue weighted by atomic mass is 16.7. The normalized spacial score (nSPS) is 17.7. The van der Waals surface area contributed by atoms with Gasteiger partial charge >= 0.3 is 6.03 Å². The van der Waals surface area contributed by atoms with Gasteiger partial charge in [0.05, 0.1) is 6.04 Å². The van der Waals surface area contributed by atoms with Gasteiger partial charge in [-0.2, -0.15) is 0 Å². The highest BCUT2D eigenvalue weighted by molar-refractivity contribution is 5.89. The molecule has 2 aromatic carbocycles. The Morgan fingerprint density at radius 1 is 1.07 bits per heavy atom. The molecule has 2 aromatic rings. The molecule has 1 atom stereocenters. The topological polar surface area (TPSA) is 66.1 Å². The second-order valence-electron chi connectivity index (χ2n) is 7.67. The van der Waals surface area contributed by atoms with Gasteiger partial charge in [0.1, 0.15) is 0 Å². The van der Waals surface area contributed by atoms with E-state index in [0.717, 1.165) is 54.5 Å². The van der Waals surface area contributed by atoms with Gasteiger partial charge in [-0.25, -0.2) is 4.79 Å². The van der Waals surface area contributed by atoms with Crippen LogP contribution in [-0.4, -0.2) is 62.4 Å². The van der Waals surface area contributed by atoms with Gasteiger partial charge in [-0.3, -0.25) is 4.90 Å². The molecule has 2 N–H and O–H groups in total. The van der Waals surface area contributed by atoms with Gasteiger partial charge in [0.25, 0.3) is 0 Å². The van der Waals surface area contributed by atoms with E-state index in [-0.39, 0.29) is 18.9 Å². The molecule has 0 bridgehead atoms. The van der Waals surface area contributed by atoms with Crippen molar-refractivity contribution in [2.45, 2.75) is 13.0 Å². The predicted molar refractivity (Wildman–Crippen MR) is 113 cm³/mol. The van der Waals surface area contributed by atoms with Crippen molar-refractivity contribution >= 4 is 11.7 Å². The fraction of sp³-hybridized carbons (Fsp3) is 0.409. The molecule has 1 unspecified atom stereocenters.